The lowest BCUT2D eigenvalue weighted by molar-refractivity contribution is -0.384. The molecule has 0 amide bonds. The van der Waals surface area contributed by atoms with Gasteiger partial charge >= 0.3 is 0 Å². The first-order chi connectivity index (χ1) is 10.1. The molecule has 0 heterocycles. The summed E-state index contributed by atoms with van der Waals surface area (Å²) in [5.74, 6) is 0.578. The summed E-state index contributed by atoms with van der Waals surface area (Å²) in [6.45, 7) is 5.06. The Hall–Kier alpha value is -2.36. The molecule has 0 aliphatic heterocycles. The van der Waals surface area contributed by atoms with Gasteiger partial charge in [0.1, 0.15) is 0 Å². The Labute approximate surface area is 125 Å². The van der Waals surface area contributed by atoms with Gasteiger partial charge in [-0.1, -0.05) is 38.1 Å². The molecule has 2 aromatic rings. The van der Waals surface area contributed by atoms with Crippen molar-refractivity contribution in [3.05, 3.63) is 69.8 Å². The quantitative estimate of drug-likeness (QED) is 0.616. The van der Waals surface area contributed by atoms with E-state index in [1.165, 1.54) is 17.7 Å². The molecule has 2 rings (SSSR count). The molecule has 110 valence electrons. The fraction of sp³-hybridized carbons (Fsp3) is 0.294. The molecular formula is C17H20N2O2. The summed E-state index contributed by atoms with van der Waals surface area (Å²) < 4.78 is 0. The predicted octanol–water partition coefficient (Wildman–Crippen LogP) is 4.72. The summed E-state index contributed by atoms with van der Waals surface area (Å²) in [4.78, 5) is 10.2. The van der Waals surface area contributed by atoms with Crippen LogP contribution in [0.25, 0.3) is 0 Å². The van der Waals surface area contributed by atoms with E-state index in [-0.39, 0.29) is 10.6 Å². The molecule has 0 aromatic heterocycles. The Morgan fingerprint density at radius 1 is 1.10 bits per heavy atom. The van der Waals surface area contributed by atoms with E-state index in [1.54, 1.807) is 12.1 Å². The molecule has 1 atom stereocenters. The number of non-ortho nitro benzene ring substituents is 1. The molecule has 2 aromatic carbocycles. The minimum Gasteiger partial charge on any atom is -0.381 e. The summed E-state index contributed by atoms with van der Waals surface area (Å²) in [6, 6.07) is 15.1. The average Bonchev–Trinajstić information content (AvgIpc) is 2.53. The van der Waals surface area contributed by atoms with Gasteiger partial charge in [0.2, 0.25) is 0 Å². The Morgan fingerprint density at radius 3 is 2.24 bits per heavy atom. The Kier molecular flexibility index (Phi) is 4.93. The molecule has 0 fully saturated rings. The van der Waals surface area contributed by atoms with Gasteiger partial charge in [0, 0.05) is 24.4 Å². The van der Waals surface area contributed by atoms with E-state index >= 15 is 0 Å². The smallest absolute Gasteiger partial charge is 0.269 e. The van der Waals surface area contributed by atoms with E-state index in [2.05, 4.69) is 43.4 Å². The Bertz CT molecular complexity index is 591. The number of benzene rings is 2. The standard InChI is InChI=1S/C17H20N2O2/c1-3-13(2)15-6-8-16(9-7-15)18-12-14-4-10-17(11-5-14)19(20)21/h4-11,13,18H,3,12H2,1-2H3. The average molecular weight is 284 g/mol. The van der Waals surface area contributed by atoms with Crippen LogP contribution in [0.3, 0.4) is 0 Å². The van der Waals surface area contributed by atoms with Crippen molar-refractivity contribution < 1.29 is 4.92 Å². The largest absolute Gasteiger partial charge is 0.381 e. The monoisotopic (exact) mass is 284 g/mol. The summed E-state index contributed by atoms with van der Waals surface area (Å²) in [6.07, 6.45) is 1.13. The third-order valence-corrected chi connectivity index (χ3v) is 3.74. The van der Waals surface area contributed by atoms with Crippen LogP contribution in [0, 0.1) is 10.1 Å². The molecule has 1 N–H and O–H groups in total. The third-order valence-electron chi connectivity index (χ3n) is 3.74. The first kappa shape index (κ1) is 15.0. The summed E-state index contributed by atoms with van der Waals surface area (Å²) in [5.41, 5.74) is 3.54. The number of nitrogens with one attached hydrogen (secondary N) is 1. The van der Waals surface area contributed by atoms with Gasteiger partial charge < -0.3 is 5.32 Å². The normalized spacial score (nSPS) is 11.9. The maximum atomic E-state index is 10.6. The van der Waals surface area contributed by atoms with Crippen molar-refractivity contribution >= 4 is 11.4 Å². The molecule has 0 spiro atoms. The van der Waals surface area contributed by atoms with Crippen LogP contribution in [0.1, 0.15) is 37.3 Å². The van der Waals surface area contributed by atoms with Gasteiger partial charge in [0.15, 0.2) is 0 Å². The van der Waals surface area contributed by atoms with Gasteiger partial charge in [-0.3, -0.25) is 10.1 Å². The number of hydrogen-bond acceptors (Lipinski definition) is 3. The minimum absolute atomic E-state index is 0.122. The Morgan fingerprint density at radius 2 is 1.71 bits per heavy atom. The third kappa shape index (κ3) is 4.05. The second-order valence-corrected chi connectivity index (χ2v) is 5.21. The van der Waals surface area contributed by atoms with Gasteiger partial charge in [-0.05, 0) is 35.6 Å². The minimum atomic E-state index is -0.384. The van der Waals surface area contributed by atoms with Crippen LogP contribution in [-0.4, -0.2) is 4.92 Å². The fourth-order valence-electron chi connectivity index (χ4n) is 2.10. The van der Waals surface area contributed by atoms with Crippen molar-refractivity contribution in [2.24, 2.45) is 0 Å². The SMILES string of the molecule is CCC(C)c1ccc(NCc2ccc([N+](=O)[O-])cc2)cc1. The van der Waals surface area contributed by atoms with Crippen molar-refractivity contribution in [1.82, 2.24) is 0 Å². The molecule has 4 heteroatoms. The topological polar surface area (TPSA) is 55.2 Å². The number of anilines is 1. The second kappa shape index (κ2) is 6.88. The van der Waals surface area contributed by atoms with Crippen molar-refractivity contribution in [1.29, 1.82) is 0 Å². The van der Waals surface area contributed by atoms with Gasteiger partial charge in [0.05, 0.1) is 4.92 Å². The lowest BCUT2D eigenvalue weighted by atomic mass is 9.99. The highest BCUT2D eigenvalue weighted by Gasteiger charge is 2.04. The van der Waals surface area contributed by atoms with Crippen LogP contribution in [0.4, 0.5) is 11.4 Å². The highest BCUT2D eigenvalue weighted by Crippen LogP contribution is 2.21. The number of rotatable bonds is 6. The molecule has 1 unspecified atom stereocenters. The molecular weight excluding hydrogens is 264 g/mol. The molecule has 0 aliphatic carbocycles. The van der Waals surface area contributed by atoms with E-state index in [0.717, 1.165) is 17.7 Å². The number of hydrogen-bond donors (Lipinski definition) is 1. The summed E-state index contributed by atoms with van der Waals surface area (Å²) in [5, 5.41) is 13.9. The van der Waals surface area contributed by atoms with Crippen LogP contribution < -0.4 is 5.32 Å². The number of nitro groups is 1. The molecule has 0 saturated carbocycles. The summed E-state index contributed by atoms with van der Waals surface area (Å²) in [7, 11) is 0. The lowest BCUT2D eigenvalue weighted by Gasteiger charge is -2.11. The Balaban J connectivity index is 1.95. The first-order valence-electron chi connectivity index (χ1n) is 7.17. The maximum absolute atomic E-state index is 10.6. The molecule has 0 bridgehead atoms. The van der Waals surface area contributed by atoms with Gasteiger partial charge in [-0.25, -0.2) is 0 Å². The zero-order valence-corrected chi connectivity index (χ0v) is 12.4. The van der Waals surface area contributed by atoms with E-state index < -0.39 is 0 Å². The van der Waals surface area contributed by atoms with Crippen LogP contribution in [0.2, 0.25) is 0 Å². The van der Waals surface area contributed by atoms with E-state index in [4.69, 9.17) is 0 Å². The fourth-order valence-corrected chi connectivity index (χ4v) is 2.10. The first-order valence-corrected chi connectivity index (χ1v) is 7.17. The second-order valence-electron chi connectivity index (χ2n) is 5.21. The number of nitro benzene ring substituents is 1. The van der Waals surface area contributed by atoms with E-state index in [0.29, 0.717) is 12.5 Å². The van der Waals surface area contributed by atoms with Crippen molar-refractivity contribution in [3.8, 4) is 0 Å². The molecule has 0 saturated heterocycles. The predicted molar refractivity (Wildman–Crippen MR) is 85.6 cm³/mol. The van der Waals surface area contributed by atoms with Crippen LogP contribution in [-0.2, 0) is 6.54 Å². The van der Waals surface area contributed by atoms with Crippen molar-refractivity contribution in [2.75, 3.05) is 5.32 Å². The van der Waals surface area contributed by atoms with Crippen molar-refractivity contribution in [3.63, 3.8) is 0 Å². The maximum Gasteiger partial charge on any atom is 0.269 e. The van der Waals surface area contributed by atoms with Gasteiger partial charge in [-0.2, -0.15) is 0 Å². The van der Waals surface area contributed by atoms with Crippen LogP contribution in [0.5, 0.6) is 0 Å². The lowest BCUT2D eigenvalue weighted by Crippen LogP contribution is -2.00. The van der Waals surface area contributed by atoms with E-state index in [9.17, 15) is 10.1 Å². The molecule has 0 aliphatic rings. The summed E-state index contributed by atoms with van der Waals surface area (Å²) >= 11 is 0. The number of nitrogens with zero attached hydrogens (tertiary/aromatic N) is 1. The van der Waals surface area contributed by atoms with Gasteiger partial charge in [-0.15, -0.1) is 0 Å². The highest BCUT2D eigenvalue weighted by molar-refractivity contribution is 5.46. The van der Waals surface area contributed by atoms with Gasteiger partial charge in [0.25, 0.3) is 5.69 Å². The van der Waals surface area contributed by atoms with Crippen molar-refractivity contribution in [2.45, 2.75) is 32.7 Å². The van der Waals surface area contributed by atoms with Crippen LogP contribution >= 0.6 is 0 Å². The molecule has 4 nitrogen and oxygen atoms in total. The zero-order chi connectivity index (χ0) is 15.2. The van der Waals surface area contributed by atoms with E-state index in [1.807, 2.05) is 0 Å². The van der Waals surface area contributed by atoms with Crippen LogP contribution in [0.15, 0.2) is 48.5 Å². The molecule has 21 heavy (non-hydrogen) atoms. The highest BCUT2D eigenvalue weighted by atomic mass is 16.6. The zero-order valence-electron chi connectivity index (χ0n) is 12.4. The molecule has 0 radical (unpaired) electrons.